The van der Waals surface area contributed by atoms with Crippen molar-refractivity contribution in [2.75, 3.05) is 0 Å². The van der Waals surface area contributed by atoms with Gasteiger partial charge in [0.2, 0.25) is 0 Å². The average molecular weight is 235 g/mol. The third-order valence-corrected chi connectivity index (χ3v) is 3.23. The summed E-state index contributed by atoms with van der Waals surface area (Å²) in [5, 5.41) is 0.438. The second-order valence-corrected chi connectivity index (χ2v) is 4.59. The van der Waals surface area contributed by atoms with Crippen molar-refractivity contribution in [1.82, 2.24) is 9.38 Å². The van der Waals surface area contributed by atoms with Crippen LogP contribution in [0.1, 0.15) is 41.9 Å². The largest absolute Gasteiger partial charge is 0.301 e. The topological polar surface area (TPSA) is 34.4 Å². The van der Waals surface area contributed by atoms with Crippen LogP contribution in [0.15, 0.2) is 18.3 Å². The molecule has 0 aliphatic heterocycles. The highest BCUT2D eigenvalue weighted by Crippen LogP contribution is 2.41. The third-order valence-electron chi connectivity index (χ3n) is 2.97. The maximum atomic E-state index is 11.5. The molecule has 82 valence electrons. The summed E-state index contributed by atoms with van der Waals surface area (Å²) in [6, 6.07) is 3.66. The first kappa shape index (κ1) is 9.85. The average Bonchev–Trinajstić information content (AvgIpc) is 3.04. The number of imidazole rings is 1. The molecule has 2 heterocycles. The van der Waals surface area contributed by atoms with Crippen LogP contribution in [0.5, 0.6) is 0 Å². The van der Waals surface area contributed by atoms with Gasteiger partial charge in [0.05, 0.1) is 5.52 Å². The van der Waals surface area contributed by atoms with Gasteiger partial charge < -0.3 is 4.40 Å². The van der Waals surface area contributed by atoms with E-state index >= 15 is 0 Å². The van der Waals surface area contributed by atoms with Crippen LogP contribution in [0, 0.1) is 0 Å². The zero-order valence-corrected chi connectivity index (χ0v) is 9.66. The number of Topliss-reactive ketones (excluding diaryl/α,β-unsaturated/α-hetero) is 1. The van der Waals surface area contributed by atoms with Gasteiger partial charge in [-0.15, -0.1) is 0 Å². The zero-order valence-electron chi connectivity index (χ0n) is 8.90. The number of aromatic nitrogens is 2. The molecular weight excluding hydrogens is 224 g/mol. The lowest BCUT2D eigenvalue weighted by Gasteiger charge is -2.02. The van der Waals surface area contributed by atoms with Gasteiger partial charge in [0.15, 0.2) is 10.9 Å². The molecule has 0 spiro atoms. The first-order valence-corrected chi connectivity index (χ1v) is 5.73. The number of halogens is 1. The van der Waals surface area contributed by atoms with Crippen molar-refractivity contribution in [3.63, 3.8) is 0 Å². The summed E-state index contributed by atoms with van der Waals surface area (Å²) >= 11 is 6.11. The fourth-order valence-corrected chi connectivity index (χ4v) is 2.31. The zero-order chi connectivity index (χ0) is 11.3. The van der Waals surface area contributed by atoms with Crippen molar-refractivity contribution in [2.24, 2.45) is 0 Å². The SMILES string of the molecule is CC(=O)c1cccn2c(C3CC3)nc(Cl)c12. The molecular formula is C12H11ClN2O. The first-order chi connectivity index (χ1) is 7.68. The van der Waals surface area contributed by atoms with E-state index in [1.807, 2.05) is 16.7 Å². The lowest BCUT2D eigenvalue weighted by Crippen LogP contribution is -1.98. The van der Waals surface area contributed by atoms with Crippen molar-refractivity contribution in [3.05, 3.63) is 34.9 Å². The van der Waals surface area contributed by atoms with E-state index in [0.717, 1.165) is 11.3 Å². The van der Waals surface area contributed by atoms with Crippen LogP contribution in [0.2, 0.25) is 5.15 Å². The molecule has 3 nitrogen and oxygen atoms in total. The molecule has 1 aliphatic carbocycles. The fraction of sp³-hybridized carbons (Fsp3) is 0.333. The molecule has 0 N–H and O–H groups in total. The molecule has 0 bridgehead atoms. The quantitative estimate of drug-likeness (QED) is 0.749. The number of ketones is 1. The van der Waals surface area contributed by atoms with Gasteiger partial charge in [-0.05, 0) is 31.9 Å². The minimum absolute atomic E-state index is 0.0229. The van der Waals surface area contributed by atoms with Crippen LogP contribution >= 0.6 is 11.6 Å². The van der Waals surface area contributed by atoms with Crippen molar-refractivity contribution in [1.29, 1.82) is 0 Å². The molecule has 4 heteroatoms. The van der Waals surface area contributed by atoms with Crippen LogP contribution < -0.4 is 0 Å². The van der Waals surface area contributed by atoms with Crippen molar-refractivity contribution < 1.29 is 4.79 Å². The molecule has 2 aromatic heterocycles. The third kappa shape index (κ3) is 1.35. The van der Waals surface area contributed by atoms with E-state index in [4.69, 9.17) is 11.6 Å². The Labute approximate surface area is 98.1 Å². The summed E-state index contributed by atoms with van der Waals surface area (Å²) in [5.74, 6) is 1.53. The van der Waals surface area contributed by atoms with Gasteiger partial charge >= 0.3 is 0 Å². The molecule has 1 aliphatic rings. The molecule has 0 atom stereocenters. The second kappa shape index (κ2) is 3.32. The van der Waals surface area contributed by atoms with E-state index in [0.29, 0.717) is 16.6 Å². The number of hydrogen-bond donors (Lipinski definition) is 0. The number of fused-ring (bicyclic) bond motifs is 1. The van der Waals surface area contributed by atoms with Gasteiger partial charge in [0.25, 0.3) is 0 Å². The lowest BCUT2D eigenvalue weighted by molar-refractivity contribution is 0.101. The molecule has 0 amide bonds. The summed E-state index contributed by atoms with van der Waals surface area (Å²) in [6.07, 6.45) is 4.26. The summed E-state index contributed by atoms with van der Waals surface area (Å²) < 4.78 is 1.96. The minimum atomic E-state index is 0.0229. The van der Waals surface area contributed by atoms with Gasteiger partial charge in [-0.25, -0.2) is 4.98 Å². The Hall–Kier alpha value is -1.35. The Balaban J connectivity index is 2.35. The van der Waals surface area contributed by atoms with Crippen molar-refractivity contribution >= 4 is 22.9 Å². The molecule has 0 aromatic carbocycles. The number of pyridine rings is 1. The standard InChI is InChI=1S/C12H11ClN2O/c1-7(16)9-3-2-6-15-10(9)11(13)14-12(15)8-4-5-8/h2-3,6,8H,4-5H2,1H3. The number of hydrogen-bond acceptors (Lipinski definition) is 2. The van der Waals surface area contributed by atoms with Crippen LogP contribution in [-0.4, -0.2) is 15.2 Å². The summed E-state index contributed by atoms with van der Waals surface area (Å²) in [5.41, 5.74) is 1.39. The highest BCUT2D eigenvalue weighted by atomic mass is 35.5. The summed E-state index contributed by atoms with van der Waals surface area (Å²) in [7, 11) is 0. The van der Waals surface area contributed by atoms with E-state index in [2.05, 4.69) is 4.98 Å². The summed E-state index contributed by atoms with van der Waals surface area (Å²) in [6.45, 7) is 1.55. The molecule has 1 saturated carbocycles. The Kier molecular flexibility index (Phi) is 2.04. The van der Waals surface area contributed by atoms with Crippen LogP contribution in [-0.2, 0) is 0 Å². The number of carbonyl (C=O) groups excluding carboxylic acids is 1. The number of rotatable bonds is 2. The Morgan fingerprint density at radius 1 is 1.56 bits per heavy atom. The van der Waals surface area contributed by atoms with E-state index in [-0.39, 0.29) is 5.78 Å². The van der Waals surface area contributed by atoms with E-state index in [1.165, 1.54) is 12.8 Å². The second-order valence-electron chi connectivity index (χ2n) is 4.23. The van der Waals surface area contributed by atoms with Gasteiger partial charge in [0, 0.05) is 17.7 Å². The van der Waals surface area contributed by atoms with Crippen LogP contribution in [0.4, 0.5) is 0 Å². The maximum absolute atomic E-state index is 11.5. The Morgan fingerprint density at radius 2 is 2.31 bits per heavy atom. The molecule has 0 radical (unpaired) electrons. The number of carbonyl (C=O) groups is 1. The monoisotopic (exact) mass is 234 g/mol. The van der Waals surface area contributed by atoms with E-state index < -0.39 is 0 Å². The first-order valence-electron chi connectivity index (χ1n) is 5.36. The predicted octanol–water partition coefficient (Wildman–Crippen LogP) is 3.07. The van der Waals surface area contributed by atoms with E-state index in [9.17, 15) is 4.79 Å². The Bertz CT molecular complexity index is 584. The highest BCUT2D eigenvalue weighted by molar-refractivity contribution is 6.33. The fourth-order valence-electron chi connectivity index (χ4n) is 2.03. The van der Waals surface area contributed by atoms with Crippen molar-refractivity contribution in [2.45, 2.75) is 25.7 Å². The van der Waals surface area contributed by atoms with Crippen LogP contribution in [0.3, 0.4) is 0 Å². The molecule has 0 saturated heterocycles. The van der Waals surface area contributed by atoms with Crippen LogP contribution in [0.25, 0.3) is 5.52 Å². The van der Waals surface area contributed by atoms with E-state index in [1.54, 1.807) is 13.0 Å². The Morgan fingerprint density at radius 3 is 2.94 bits per heavy atom. The minimum Gasteiger partial charge on any atom is -0.301 e. The maximum Gasteiger partial charge on any atom is 0.162 e. The molecule has 2 aromatic rings. The molecule has 3 rings (SSSR count). The molecule has 16 heavy (non-hydrogen) atoms. The lowest BCUT2D eigenvalue weighted by atomic mass is 10.2. The number of nitrogens with zero attached hydrogens (tertiary/aromatic N) is 2. The molecule has 0 unspecified atom stereocenters. The predicted molar refractivity (Wildman–Crippen MR) is 62.2 cm³/mol. The summed E-state index contributed by atoms with van der Waals surface area (Å²) in [4.78, 5) is 15.9. The van der Waals surface area contributed by atoms with Gasteiger partial charge in [0.1, 0.15) is 5.82 Å². The van der Waals surface area contributed by atoms with Gasteiger partial charge in [-0.1, -0.05) is 11.6 Å². The van der Waals surface area contributed by atoms with Crippen molar-refractivity contribution in [3.8, 4) is 0 Å². The van der Waals surface area contributed by atoms with Gasteiger partial charge in [-0.2, -0.15) is 0 Å². The smallest absolute Gasteiger partial charge is 0.162 e. The van der Waals surface area contributed by atoms with Gasteiger partial charge in [-0.3, -0.25) is 4.79 Å². The normalized spacial score (nSPS) is 15.6. The highest BCUT2D eigenvalue weighted by Gasteiger charge is 2.29. The molecule has 1 fully saturated rings.